The molecule has 0 saturated carbocycles. The van der Waals surface area contributed by atoms with Crippen LogP contribution in [0.1, 0.15) is 12.0 Å². The maximum absolute atomic E-state index is 13.5. The van der Waals surface area contributed by atoms with Gasteiger partial charge in [0.05, 0.1) is 11.8 Å². The van der Waals surface area contributed by atoms with Crippen molar-refractivity contribution in [2.45, 2.75) is 24.7 Å². The largest absolute Gasteiger partial charge is 0.419 e. The summed E-state index contributed by atoms with van der Waals surface area (Å²) in [7, 11) is 0. The number of piperidine rings is 1. The van der Waals surface area contributed by atoms with E-state index in [9.17, 15) is 18.3 Å². The van der Waals surface area contributed by atoms with Gasteiger partial charge in [-0.2, -0.15) is 13.2 Å². The number of benzene rings is 1. The summed E-state index contributed by atoms with van der Waals surface area (Å²) in [5.74, 6) is 0.101. The first kappa shape index (κ1) is 17.7. The lowest BCUT2D eigenvalue weighted by Gasteiger charge is -2.27. The quantitative estimate of drug-likeness (QED) is 0.564. The third-order valence-electron chi connectivity index (χ3n) is 4.60. The van der Waals surface area contributed by atoms with Gasteiger partial charge in [-0.1, -0.05) is 18.2 Å². The fourth-order valence-electron chi connectivity index (χ4n) is 3.34. The summed E-state index contributed by atoms with van der Waals surface area (Å²) in [6.07, 6.45) is -2.29. The average molecular weight is 377 g/mol. The number of H-pyrrole nitrogens is 1. The van der Waals surface area contributed by atoms with E-state index in [4.69, 9.17) is 0 Å². The van der Waals surface area contributed by atoms with Gasteiger partial charge in [0.15, 0.2) is 0 Å². The number of hydrogen-bond donors (Lipinski definition) is 4. The molecular formula is C18H18F3N5O. The Labute approximate surface area is 152 Å². The minimum Gasteiger partial charge on any atom is -0.392 e. The van der Waals surface area contributed by atoms with Crippen LogP contribution in [0.3, 0.4) is 0 Å². The molecular weight excluding hydrogens is 359 g/mol. The molecule has 1 fully saturated rings. The number of anilines is 1. The molecule has 2 atom stereocenters. The number of hydrogen-bond acceptors (Lipinski definition) is 5. The SMILES string of the molecule is O[C@H]1CNC[C@@H](Nc2ncc(C(F)(F)F)c(-c3c[nH]c4ccccc34)n2)C1. The zero-order valence-corrected chi connectivity index (χ0v) is 14.2. The molecule has 0 aliphatic carbocycles. The number of alkyl halides is 3. The molecule has 1 aromatic carbocycles. The first-order valence-electron chi connectivity index (χ1n) is 8.58. The van der Waals surface area contributed by atoms with Gasteiger partial charge in [0.2, 0.25) is 5.95 Å². The summed E-state index contributed by atoms with van der Waals surface area (Å²) in [5.41, 5.74) is 0.0277. The Kier molecular flexibility index (Phi) is 4.48. The second kappa shape index (κ2) is 6.82. The molecule has 2 aromatic heterocycles. The van der Waals surface area contributed by atoms with Crippen molar-refractivity contribution in [2.75, 3.05) is 18.4 Å². The number of β-amino-alcohol motifs (C(OH)–C–C–N with tert-alkyl or cyclic N) is 1. The van der Waals surface area contributed by atoms with E-state index in [1.54, 1.807) is 18.2 Å². The predicted molar refractivity (Wildman–Crippen MR) is 95.2 cm³/mol. The third-order valence-corrected chi connectivity index (χ3v) is 4.60. The Morgan fingerprint density at radius 1 is 1.19 bits per heavy atom. The Bertz CT molecular complexity index is 956. The summed E-state index contributed by atoms with van der Waals surface area (Å²) in [4.78, 5) is 11.0. The molecule has 9 heteroatoms. The molecule has 4 rings (SSSR count). The fourth-order valence-corrected chi connectivity index (χ4v) is 3.34. The first-order valence-corrected chi connectivity index (χ1v) is 8.58. The molecule has 1 aliphatic heterocycles. The molecule has 0 bridgehead atoms. The van der Waals surface area contributed by atoms with Crippen LogP contribution in [0.4, 0.5) is 19.1 Å². The number of nitrogens with zero attached hydrogens (tertiary/aromatic N) is 2. The molecule has 1 saturated heterocycles. The van der Waals surface area contributed by atoms with Crippen molar-refractivity contribution in [1.29, 1.82) is 0 Å². The van der Waals surface area contributed by atoms with Crippen molar-refractivity contribution in [3.8, 4) is 11.3 Å². The van der Waals surface area contributed by atoms with Gasteiger partial charge in [0.25, 0.3) is 0 Å². The highest BCUT2D eigenvalue weighted by atomic mass is 19.4. The van der Waals surface area contributed by atoms with Crippen LogP contribution in [0.15, 0.2) is 36.7 Å². The van der Waals surface area contributed by atoms with Gasteiger partial charge in [-0.15, -0.1) is 0 Å². The van der Waals surface area contributed by atoms with E-state index in [1.807, 2.05) is 6.07 Å². The Morgan fingerprint density at radius 3 is 2.78 bits per heavy atom. The molecule has 27 heavy (non-hydrogen) atoms. The minimum absolute atomic E-state index is 0.101. The zero-order valence-electron chi connectivity index (χ0n) is 14.2. The van der Waals surface area contributed by atoms with Crippen LogP contribution < -0.4 is 10.6 Å². The Balaban J connectivity index is 1.76. The highest BCUT2D eigenvalue weighted by Crippen LogP contribution is 2.38. The smallest absolute Gasteiger partial charge is 0.392 e. The maximum Gasteiger partial charge on any atom is 0.419 e. The van der Waals surface area contributed by atoms with Crippen LogP contribution in [0.2, 0.25) is 0 Å². The van der Waals surface area contributed by atoms with Crippen molar-refractivity contribution in [3.05, 3.63) is 42.2 Å². The number of aromatic amines is 1. The van der Waals surface area contributed by atoms with Crippen LogP contribution in [0, 0.1) is 0 Å². The normalized spacial score (nSPS) is 20.7. The van der Waals surface area contributed by atoms with Crippen LogP contribution in [-0.4, -0.2) is 45.3 Å². The molecule has 0 amide bonds. The number of rotatable bonds is 3. The maximum atomic E-state index is 13.5. The lowest BCUT2D eigenvalue weighted by atomic mass is 10.0. The molecule has 1 aliphatic rings. The number of fused-ring (bicyclic) bond motifs is 1. The molecule has 4 N–H and O–H groups in total. The molecule has 142 valence electrons. The van der Waals surface area contributed by atoms with E-state index in [0.717, 1.165) is 11.7 Å². The summed E-state index contributed by atoms with van der Waals surface area (Å²) in [6, 6.07) is 6.95. The number of aromatic nitrogens is 3. The fraction of sp³-hybridized carbons (Fsp3) is 0.333. The van der Waals surface area contributed by atoms with Crippen LogP contribution in [0.25, 0.3) is 22.2 Å². The topological polar surface area (TPSA) is 85.9 Å². The van der Waals surface area contributed by atoms with Gasteiger partial charge >= 0.3 is 6.18 Å². The van der Waals surface area contributed by atoms with Gasteiger partial charge in [0, 0.05) is 48.0 Å². The first-order chi connectivity index (χ1) is 12.9. The van der Waals surface area contributed by atoms with Gasteiger partial charge in [-0.05, 0) is 12.5 Å². The number of halogens is 3. The lowest BCUT2D eigenvalue weighted by Crippen LogP contribution is -2.46. The monoisotopic (exact) mass is 377 g/mol. The van der Waals surface area contributed by atoms with Crippen molar-refractivity contribution in [1.82, 2.24) is 20.3 Å². The predicted octanol–water partition coefficient (Wildman–Crippen LogP) is 2.78. The zero-order chi connectivity index (χ0) is 19.0. The second-order valence-corrected chi connectivity index (χ2v) is 6.59. The molecule has 0 radical (unpaired) electrons. The van der Waals surface area contributed by atoms with Crippen LogP contribution in [0.5, 0.6) is 0 Å². The standard InChI is InChI=1S/C18H18F3N5O/c19-18(20,21)14-9-24-17(25-10-5-11(27)7-22-6-10)26-16(14)13-8-23-15-4-2-1-3-12(13)15/h1-4,8-11,22-23,27H,5-7H2,(H,24,25,26)/t10-,11+/m0/s1. The summed E-state index contributed by atoms with van der Waals surface area (Å²) >= 11 is 0. The highest BCUT2D eigenvalue weighted by Gasteiger charge is 2.36. The molecule has 0 unspecified atom stereocenters. The van der Waals surface area contributed by atoms with Gasteiger partial charge in [0.1, 0.15) is 5.56 Å². The van der Waals surface area contributed by atoms with Crippen LogP contribution >= 0.6 is 0 Å². The van der Waals surface area contributed by atoms with Crippen molar-refractivity contribution in [2.24, 2.45) is 0 Å². The average Bonchev–Trinajstić information content (AvgIpc) is 3.05. The summed E-state index contributed by atoms with van der Waals surface area (Å²) in [6.45, 7) is 1.07. The second-order valence-electron chi connectivity index (χ2n) is 6.59. The molecule has 0 spiro atoms. The van der Waals surface area contributed by atoms with Gasteiger partial charge < -0.3 is 20.7 Å². The Morgan fingerprint density at radius 2 is 2.00 bits per heavy atom. The van der Waals surface area contributed by atoms with E-state index >= 15 is 0 Å². The molecule has 6 nitrogen and oxygen atoms in total. The highest BCUT2D eigenvalue weighted by molar-refractivity contribution is 5.95. The van der Waals surface area contributed by atoms with Crippen molar-refractivity contribution in [3.63, 3.8) is 0 Å². The van der Waals surface area contributed by atoms with Gasteiger partial charge in [-0.3, -0.25) is 0 Å². The minimum atomic E-state index is -4.57. The Hall–Kier alpha value is -2.65. The summed E-state index contributed by atoms with van der Waals surface area (Å²) in [5, 5.41) is 16.5. The number of para-hydroxylation sites is 1. The van der Waals surface area contributed by atoms with E-state index in [-0.39, 0.29) is 17.7 Å². The van der Waals surface area contributed by atoms with Crippen LogP contribution in [-0.2, 0) is 6.18 Å². The lowest BCUT2D eigenvalue weighted by molar-refractivity contribution is -0.137. The number of nitrogens with one attached hydrogen (secondary N) is 3. The number of aliphatic hydroxyl groups is 1. The van der Waals surface area contributed by atoms with Gasteiger partial charge in [-0.25, -0.2) is 9.97 Å². The van der Waals surface area contributed by atoms with E-state index in [2.05, 4.69) is 25.6 Å². The van der Waals surface area contributed by atoms with Crippen molar-refractivity contribution < 1.29 is 18.3 Å². The van der Waals surface area contributed by atoms with Crippen molar-refractivity contribution >= 4 is 16.9 Å². The van der Waals surface area contributed by atoms with E-state index in [0.29, 0.717) is 30.5 Å². The summed E-state index contributed by atoms with van der Waals surface area (Å²) < 4.78 is 40.6. The molecule has 3 heterocycles. The third kappa shape index (κ3) is 3.60. The van der Waals surface area contributed by atoms with E-state index in [1.165, 1.54) is 6.20 Å². The molecule has 3 aromatic rings. The van der Waals surface area contributed by atoms with E-state index < -0.39 is 17.8 Å². The number of aliphatic hydroxyl groups excluding tert-OH is 1.